The molecule has 2 rings (SSSR count). The molecule has 4 heteroatoms. The van der Waals surface area contributed by atoms with E-state index in [1.54, 1.807) is 13.3 Å². The van der Waals surface area contributed by atoms with Gasteiger partial charge in [0.05, 0.1) is 12.8 Å². The van der Waals surface area contributed by atoms with Crippen LogP contribution in [-0.4, -0.2) is 21.5 Å². The van der Waals surface area contributed by atoms with Crippen molar-refractivity contribution in [3.63, 3.8) is 0 Å². The molecule has 0 N–H and O–H groups in total. The number of ether oxygens (including phenoxy) is 1. The smallest absolute Gasteiger partial charge is 0.258 e. The lowest BCUT2D eigenvalue weighted by Crippen LogP contribution is -1.97. The van der Waals surface area contributed by atoms with Crippen LogP contribution in [0.25, 0.3) is 5.65 Å². The summed E-state index contributed by atoms with van der Waals surface area (Å²) in [6.45, 7) is 3.93. The van der Waals surface area contributed by atoms with E-state index in [0.29, 0.717) is 5.88 Å². The molecule has 0 atom stereocenters. The minimum absolute atomic E-state index is 0.577. The molecule has 0 aliphatic heterocycles. The molecule has 0 aliphatic rings. The van der Waals surface area contributed by atoms with E-state index in [9.17, 15) is 0 Å². The van der Waals surface area contributed by atoms with Gasteiger partial charge in [0, 0.05) is 18.1 Å². The summed E-state index contributed by atoms with van der Waals surface area (Å²) < 4.78 is 7.10. The summed E-state index contributed by atoms with van der Waals surface area (Å²) in [5.74, 6) is 0.577. The van der Waals surface area contributed by atoms with Gasteiger partial charge in [0.25, 0.3) is 5.88 Å². The fourth-order valence-electron chi connectivity index (χ4n) is 1.33. The van der Waals surface area contributed by atoms with Crippen LogP contribution >= 0.6 is 0 Å². The summed E-state index contributed by atoms with van der Waals surface area (Å²) in [5.41, 5.74) is 2.77. The predicted octanol–water partition coefficient (Wildman–Crippen LogP) is 1.35. The van der Waals surface area contributed by atoms with Gasteiger partial charge in [-0.2, -0.15) is 0 Å². The standard InChI is InChI=1S/C9H11N3O/c1-6-5-12-7(2)4-10-8(12)9(11-6)13-3/h4-5H,1-3H3. The van der Waals surface area contributed by atoms with Crippen molar-refractivity contribution in [3.05, 3.63) is 23.8 Å². The molecule has 0 amide bonds. The molecule has 0 saturated heterocycles. The van der Waals surface area contributed by atoms with E-state index < -0.39 is 0 Å². The minimum atomic E-state index is 0.577. The second-order valence-electron chi connectivity index (χ2n) is 2.98. The van der Waals surface area contributed by atoms with Gasteiger partial charge >= 0.3 is 0 Å². The third-order valence-electron chi connectivity index (χ3n) is 1.96. The molecule has 13 heavy (non-hydrogen) atoms. The van der Waals surface area contributed by atoms with Crippen LogP contribution in [0.15, 0.2) is 12.4 Å². The van der Waals surface area contributed by atoms with E-state index >= 15 is 0 Å². The number of nitrogens with zero attached hydrogens (tertiary/aromatic N) is 3. The Morgan fingerprint density at radius 1 is 1.38 bits per heavy atom. The summed E-state index contributed by atoms with van der Waals surface area (Å²) >= 11 is 0. The van der Waals surface area contributed by atoms with E-state index in [1.807, 2.05) is 24.4 Å². The third-order valence-corrected chi connectivity index (χ3v) is 1.96. The fourth-order valence-corrected chi connectivity index (χ4v) is 1.33. The van der Waals surface area contributed by atoms with Crippen LogP contribution in [0.1, 0.15) is 11.4 Å². The lowest BCUT2D eigenvalue weighted by molar-refractivity contribution is 0.399. The molecular formula is C9H11N3O. The normalized spacial score (nSPS) is 10.7. The fraction of sp³-hybridized carbons (Fsp3) is 0.333. The Kier molecular flexibility index (Phi) is 1.69. The highest BCUT2D eigenvalue weighted by Crippen LogP contribution is 2.16. The van der Waals surface area contributed by atoms with Crippen LogP contribution in [0.4, 0.5) is 0 Å². The maximum absolute atomic E-state index is 5.13. The van der Waals surface area contributed by atoms with Gasteiger partial charge in [0.15, 0.2) is 0 Å². The maximum Gasteiger partial charge on any atom is 0.258 e. The van der Waals surface area contributed by atoms with Crippen LogP contribution < -0.4 is 4.74 Å². The number of hydrogen-bond donors (Lipinski definition) is 0. The minimum Gasteiger partial charge on any atom is -0.478 e. The van der Waals surface area contributed by atoms with E-state index in [0.717, 1.165) is 17.0 Å². The SMILES string of the molecule is COc1nc(C)cn2c(C)cnc12. The highest BCUT2D eigenvalue weighted by Gasteiger charge is 2.07. The molecule has 0 saturated carbocycles. The highest BCUT2D eigenvalue weighted by molar-refractivity contribution is 5.50. The maximum atomic E-state index is 5.13. The van der Waals surface area contributed by atoms with Crippen molar-refractivity contribution >= 4 is 5.65 Å². The first kappa shape index (κ1) is 8.04. The average Bonchev–Trinajstić information content (AvgIpc) is 2.47. The molecule has 68 valence electrons. The summed E-state index contributed by atoms with van der Waals surface area (Å²) in [6.07, 6.45) is 3.75. The lowest BCUT2D eigenvalue weighted by atomic mass is 10.5. The Morgan fingerprint density at radius 3 is 2.85 bits per heavy atom. The Bertz CT molecular complexity index is 447. The summed E-state index contributed by atoms with van der Waals surface area (Å²) in [5, 5.41) is 0. The van der Waals surface area contributed by atoms with E-state index in [4.69, 9.17) is 4.74 Å². The molecule has 0 aliphatic carbocycles. The van der Waals surface area contributed by atoms with Gasteiger partial charge in [-0.15, -0.1) is 0 Å². The van der Waals surface area contributed by atoms with Crippen LogP contribution in [0, 0.1) is 13.8 Å². The zero-order valence-corrected chi connectivity index (χ0v) is 7.90. The first-order chi connectivity index (χ1) is 6.22. The Hall–Kier alpha value is -1.58. The second-order valence-corrected chi connectivity index (χ2v) is 2.98. The topological polar surface area (TPSA) is 39.4 Å². The number of aromatic nitrogens is 3. The molecule has 2 aromatic rings. The molecular weight excluding hydrogens is 166 g/mol. The molecule has 0 unspecified atom stereocenters. The molecule has 0 radical (unpaired) electrons. The molecule has 4 nitrogen and oxygen atoms in total. The van der Waals surface area contributed by atoms with Gasteiger partial charge < -0.3 is 4.74 Å². The number of fused-ring (bicyclic) bond motifs is 1. The molecule has 2 aromatic heterocycles. The molecule has 0 fully saturated rings. The Labute approximate surface area is 76.2 Å². The van der Waals surface area contributed by atoms with Gasteiger partial charge in [-0.1, -0.05) is 0 Å². The van der Waals surface area contributed by atoms with E-state index in [1.165, 1.54) is 0 Å². The third kappa shape index (κ3) is 1.14. The zero-order chi connectivity index (χ0) is 9.42. The summed E-state index contributed by atoms with van der Waals surface area (Å²) in [4.78, 5) is 8.43. The van der Waals surface area contributed by atoms with Crippen molar-refractivity contribution in [1.82, 2.24) is 14.4 Å². The average molecular weight is 177 g/mol. The van der Waals surface area contributed by atoms with Crippen molar-refractivity contribution in [1.29, 1.82) is 0 Å². The molecule has 0 bridgehead atoms. The van der Waals surface area contributed by atoms with Crippen LogP contribution in [0.5, 0.6) is 5.88 Å². The van der Waals surface area contributed by atoms with Crippen molar-refractivity contribution in [2.45, 2.75) is 13.8 Å². The van der Waals surface area contributed by atoms with E-state index in [2.05, 4.69) is 9.97 Å². The monoisotopic (exact) mass is 177 g/mol. The number of methoxy groups -OCH3 is 1. The van der Waals surface area contributed by atoms with Gasteiger partial charge in [-0.25, -0.2) is 9.97 Å². The van der Waals surface area contributed by atoms with Gasteiger partial charge in [0.2, 0.25) is 5.65 Å². The number of imidazole rings is 1. The van der Waals surface area contributed by atoms with E-state index in [-0.39, 0.29) is 0 Å². The Balaban J connectivity index is 2.84. The first-order valence-corrected chi connectivity index (χ1v) is 4.07. The van der Waals surface area contributed by atoms with Crippen molar-refractivity contribution < 1.29 is 4.74 Å². The largest absolute Gasteiger partial charge is 0.478 e. The molecule has 0 aromatic carbocycles. The number of hydrogen-bond acceptors (Lipinski definition) is 3. The van der Waals surface area contributed by atoms with Crippen LogP contribution in [0.2, 0.25) is 0 Å². The predicted molar refractivity (Wildman–Crippen MR) is 49.0 cm³/mol. The summed E-state index contributed by atoms with van der Waals surface area (Å²) in [6, 6.07) is 0. The summed E-state index contributed by atoms with van der Waals surface area (Å²) in [7, 11) is 1.60. The number of rotatable bonds is 1. The first-order valence-electron chi connectivity index (χ1n) is 4.07. The van der Waals surface area contributed by atoms with Gasteiger partial charge in [-0.3, -0.25) is 4.40 Å². The van der Waals surface area contributed by atoms with Crippen LogP contribution in [0.3, 0.4) is 0 Å². The zero-order valence-electron chi connectivity index (χ0n) is 7.90. The van der Waals surface area contributed by atoms with Gasteiger partial charge in [0.1, 0.15) is 0 Å². The number of aryl methyl sites for hydroxylation is 2. The van der Waals surface area contributed by atoms with Crippen molar-refractivity contribution in [2.75, 3.05) is 7.11 Å². The molecule has 0 spiro atoms. The van der Waals surface area contributed by atoms with Crippen LogP contribution in [-0.2, 0) is 0 Å². The van der Waals surface area contributed by atoms with Crippen molar-refractivity contribution in [3.8, 4) is 5.88 Å². The second kappa shape index (κ2) is 2.73. The lowest BCUT2D eigenvalue weighted by Gasteiger charge is -2.03. The van der Waals surface area contributed by atoms with Gasteiger partial charge in [-0.05, 0) is 13.8 Å². The Morgan fingerprint density at radius 2 is 2.15 bits per heavy atom. The quantitative estimate of drug-likeness (QED) is 0.660. The van der Waals surface area contributed by atoms with Crippen molar-refractivity contribution in [2.24, 2.45) is 0 Å². The highest BCUT2D eigenvalue weighted by atomic mass is 16.5. The molecule has 2 heterocycles.